The maximum atomic E-state index is 11.5. The number of ether oxygens (including phenoxy) is 1. The molecule has 1 aromatic heterocycles. The van der Waals surface area contributed by atoms with Crippen LogP contribution in [0.1, 0.15) is 20.8 Å². The molecular weight excluding hydrogens is 358 g/mol. The average molecular weight is 379 g/mol. The molecule has 0 atom stereocenters. The largest absolute Gasteiger partial charge is 0.444 e. The van der Waals surface area contributed by atoms with Crippen molar-refractivity contribution in [3.8, 4) is 0 Å². The zero-order valence-electron chi connectivity index (χ0n) is 12.5. The third kappa shape index (κ3) is 8.24. The Labute approximate surface area is 139 Å². The number of aromatic nitrogens is 1. The lowest BCUT2D eigenvalue weighted by Gasteiger charge is -2.30. The molecule has 7 heteroatoms. The number of piperazine rings is 1. The number of hydrogen-bond donors (Lipinski definition) is 1. The normalized spacial score (nSPS) is 15.0. The Hall–Kier alpha value is -0.850. The Bertz CT molecular complexity index is 443. The van der Waals surface area contributed by atoms with E-state index in [4.69, 9.17) is 16.3 Å². The summed E-state index contributed by atoms with van der Waals surface area (Å²) in [6.07, 6.45) is -0.200. The van der Waals surface area contributed by atoms with Crippen molar-refractivity contribution in [1.29, 1.82) is 0 Å². The molecule has 1 N–H and O–H groups in total. The molecule has 21 heavy (non-hydrogen) atoms. The number of amides is 1. The molecule has 1 fully saturated rings. The minimum atomic E-state index is -0.387. The first kappa shape index (κ1) is 18.2. The SMILES string of the molecule is CC(C)(C)OC(=O)N1CCNCC1.Clc1cccc(Br)n1. The van der Waals surface area contributed by atoms with E-state index in [2.05, 4.69) is 26.2 Å². The van der Waals surface area contributed by atoms with Crippen molar-refractivity contribution in [3.63, 3.8) is 0 Å². The van der Waals surface area contributed by atoms with Crippen molar-refractivity contribution >= 4 is 33.6 Å². The molecule has 118 valence electrons. The smallest absolute Gasteiger partial charge is 0.410 e. The molecule has 5 nitrogen and oxygen atoms in total. The Morgan fingerprint density at radius 3 is 2.43 bits per heavy atom. The molecule has 1 saturated heterocycles. The molecular formula is C14H21BrClN3O2. The van der Waals surface area contributed by atoms with Crippen molar-refractivity contribution < 1.29 is 9.53 Å². The lowest BCUT2D eigenvalue weighted by Crippen LogP contribution is -2.48. The van der Waals surface area contributed by atoms with Gasteiger partial charge in [0.15, 0.2) is 0 Å². The van der Waals surface area contributed by atoms with Crippen LogP contribution in [-0.4, -0.2) is 47.8 Å². The Morgan fingerprint density at radius 2 is 2.00 bits per heavy atom. The van der Waals surface area contributed by atoms with Crippen LogP contribution >= 0.6 is 27.5 Å². The van der Waals surface area contributed by atoms with Gasteiger partial charge >= 0.3 is 6.09 Å². The van der Waals surface area contributed by atoms with E-state index < -0.39 is 0 Å². The number of carbonyl (C=O) groups is 1. The summed E-state index contributed by atoms with van der Waals surface area (Å²) in [6, 6.07) is 5.39. The summed E-state index contributed by atoms with van der Waals surface area (Å²) in [5.41, 5.74) is -0.387. The molecule has 0 bridgehead atoms. The van der Waals surface area contributed by atoms with E-state index in [-0.39, 0.29) is 11.7 Å². The fraction of sp³-hybridized carbons (Fsp3) is 0.571. The summed E-state index contributed by atoms with van der Waals surface area (Å²) in [6.45, 7) is 8.86. The molecule has 2 heterocycles. The fourth-order valence-electron chi connectivity index (χ4n) is 1.56. The van der Waals surface area contributed by atoms with Gasteiger partial charge in [-0.2, -0.15) is 0 Å². The van der Waals surface area contributed by atoms with Crippen molar-refractivity contribution in [2.75, 3.05) is 26.2 Å². The van der Waals surface area contributed by atoms with Crippen LogP contribution in [0.4, 0.5) is 4.79 Å². The molecule has 1 aromatic rings. The number of carbonyl (C=O) groups excluding carboxylic acids is 1. The van der Waals surface area contributed by atoms with Crippen LogP contribution in [0, 0.1) is 0 Å². The van der Waals surface area contributed by atoms with Crippen LogP contribution in [-0.2, 0) is 4.74 Å². The first-order valence-electron chi connectivity index (χ1n) is 6.74. The number of pyridine rings is 1. The van der Waals surface area contributed by atoms with Crippen molar-refractivity contribution in [2.24, 2.45) is 0 Å². The minimum absolute atomic E-state index is 0.200. The summed E-state index contributed by atoms with van der Waals surface area (Å²) in [5.74, 6) is 0. The van der Waals surface area contributed by atoms with Gasteiger partial charge in [0.2, 0.25) is 0 Å². The van der Waals surface area contributed by atoms with E-state index in [1.54, 1.807) is 11.0 Å². The zero-order chi connectivity index (χ0) is 15.9. The highest BCUT2D eigenvalue weighted by molar-refractivity contribution is 9.10. The fourth-order valence-corrected chi connectivity index (χ4v) is 2.17. The number of rotatable bonds is 0. The van der Waals surface area contributed by atoms with Crippen LogP contribution in [0.3, 0.4) is 0 Å². The van der Waals surface area contributed by atoms with Gasteiger partial charge in [-0.15, -0.1) is 0 Å². The number of nitrogens with one attached hydrogen (secondary N) is 1. The molecule has 0 unspecified atom stereocenters. The summed E-state index contributed by atoms with van der Waals surface area (Å²) in [5, 5.41) is 3.70. The average Bonchev–Trinajstić information content (AvgIpc) is 2.38. The van der Waals surface area contributed by atoms with Gasteiger partial charge in [-0.3, -0.25) is 0 Å². The van der Waals surface area contributed by atoms with E-state index in [9.17, 15) is 4.79 Å². The lowest BCUT2D eigenvalue weighted by atomic mass is 10.2. The van der Waals surface area contributed by atoms with Gasteiger partial charge in [0.1, 0.15) is 15.4 Å². The van der Waals surface area contributed by atoms with Crippen LogP contribution in [0.5, 0.6) is 0 Å². The molecule has 1 amide bonds. The van der Waals surface area contributed by atoms with E-state index >= 15 is 0 Å². The van der Waals surface area contributed by atoms with Crippen LogP contribution in [0.25, 0.3) is 0 Å². The molecule has 0 aliphatic carbocycles. The molecule has 0 spiro atoms. The Balaban J connectivity index is 0.000000235. The standard InChI is InChI=1S/C9H18N2O2.C5H3BrClN/c1-9(2,3)13-8(12)11-6-4-10-5-7-11;6-4-2-1-3-5(7)8-4/h10H,4-7H2,1-3H3;1-3H. The third-order valence-corrected chi connectivity index (χ3v) is 3.10. The molecule has 0 radical (unpaired) electrons. The van der Waals surface area contributed by atoms with Gasteiger partial charge in [0, 0.05) is 26.2 Å². The zero-order valence-corrected chi connectivity index (χ0v) is 14.9. The van der Waals surface area contributed by atoms with Gasteiger partial charge in [-0.1, -0.05) is 17.7 Å². The maximum absolute atomic E-state index is 11.5. The Kier molecular flexibility index (Phi) is 7.42. The predicted molar refractivity (Wildman–Crippen MR) is 87.6 cm³/mol. The maximum Gasteiger partial charge on any atom is 0.410 e. The second-order valence-electron chi connectivity index (χ2n) is 5.50. The van der Waals surface area contributed by atoms with Crippen molar-refractivity contribution in [1.82, 2.24) is 15.2 Å². The molecule has 0 aromatic carbocycles. The predicted octanol–water partition coefficient (Wildman–Crippen LogP) is 3.32. The molecule has 0 saturated carbocycles. The summed E-state index contributed by atoms with van der Waals surface area (Å²) < 4.78 is 6.00. The van der Waals surface area contributed by atoms with Gasteiger partial charge in [-0.05, 0) is 48.8 Å². The van der Waals surface area contributed by atoms with Crippen LogP contribution in [0.15, 0.2) is 22.8 Å². The molecule has 1 aliphatic heterocycles. The first-order valence-corrected chi connectivity index (χ1v) is 7.92. The monoisotopic (exact) mass is 377 g/mol. The van der Waals surface area contributed by atoms with E-state index in [0.29, 0.717) is 5.15 Å². The number of nitrogens with zero attached hydrogens (tertiary/aromatic N) is 2. The highest BCUT2D eigenvalue weighted by Gasteiger charge is 2.22. The first-order chi connectivity index (χ1) is 9.78. The van der Waals surface area contributed by atoms with E-state index in [1.807, 2.05) is 32.9 Å². The second-order valence-corrected chi connectivity index (χ2v) is 6.70. The second kappa shape index (κ2) is 8.56. The van der Waals surface area contributed by atoms with Crippen molar-refractivity contribution in [3.05, 3.63) is 28.0 Å². The highest BCUT2D eigenvalue weighted by atomic mass is 79.9. The van der Waals surface area contributed by atoms with Gasteiger partial charge in [0.05, 0.1) is 0 Å². The molecule has 1 aliphatic rings. The third-order valence-electron chi connectivity index (χ3n) is 2.45. The summed E-state index contributed by atoms with van der Waals surface area (Å²) >= 11 is 8.67. The van der Waals surface area contributed by atoms with Gasteiger partial charge in [-0.25, -0.2) is 9.78 Å². The lowest BCUT2D eigenvalue weighted by molar-refractivity contribution is 0.0229. The van der Waals surface area contributed by atoms with E-state index in [0.717, 1.165) is 30.8 Å². The summed E-state index contributed by atoms with van der Waals surface area (Å²) in [7, 11) is 0. The van der Waals surface area contributed by atoms with Crippen molar-refractivity contribution in [2.45, 2.75) is 26.4 Å². The topological polar surface area (TPSA) is 54.5 Å². The number of hydrogen-bond acceptors (Lipinski definition) is 4. The van der Waals surface area contributed by atoms with E-state index in [1.165, 1.54) is 0 Å². The quantitative estimate of drug-likeness (QED) is 0.704. The molecule has 2 rings (SSSR count). The van der Waals surface area contributed by atoms with Gasteiger partial charge in [0.25, 0.3) is 0 Å². The van der Waals surface area contributed by atoms with Crippen LogP contribution in [0.2, 0.25) is 5.15 Å². The Morgan fingerprint density at radius 1 is 1.38 bits per heavy atom. The minimum Gasteiger partial charge on any atom is -0.444 e. The highest BCUT2D eigenvalue weighted by Crippen LogP contribution is 2.10. The number of halogens is 2. The summed E-state index contributed by atoms with van der Waals surface area (Å²) in [4.78, 5) is 17.1. The van der Waals surface area contributed by atoms with Crippen LogP contribution < -0.4 is 5.32 Å². The van der Waals surface area contributed by atoms with Gasteiger partial charge < -0.3 is 15.0 Å².